The Hall–Kier alpha value is -4.58. The summed E-state index contributed by atoms with van der Waals surface area (Å²) < 4.78 is 43.4. The van der Waals surface area contributed by atoms with Gasteiger partial charge < -0.3 is 14.2 Å². The molecule has 2 heterocycles. The molecule has 3 aromatic rings. The van der Waals surface area contributed by atoms with Gasteiger partial charge >= 0.3 is 5.97 Å². The summed E-state index contributed by atoms with van der Waals surface area (Å²) in [5.41, 5.74) is 9.24. The Bertz CT molecular complexity index is 1990. The lowest BCUT2D eigenvalue weighted by molar-refractivity contribution is -0.401. The highest BCUT2D eigenvalue weighted by Crippen LogP contribution is 2.49. The monoisotopic (exact) mass is 684 g/mol. The van der Waals surface area contributed by atoms with E-state index in [0.29, 0.717) is 24.9 Å². The fraction of sp³-hybridized carbons (Fsp3) is 0.342. The van der Waals surface area contributed by atoms with Gasteiger partial charge in [0.2, 0.25) is 11.6 Å². The molecule has 11 heteroatoms. The third kappa shape index (κ3) is 6.96. The first-order valence-corrected chi connectivity index (χ1v) is 17.7. The number of carbonyl (C=O) groups is 2. The van der Waals surface area contributed by atoms with E-state index in [1.165, 1.54) is 24.8 Å². The van der Waals surface area contributed by atoms with Gasteiger partial charge in [0.05, 0.1) is 23.0 Å². The predicted octanol–water partition coefficient (Wildman–Crippen LogP) is 5.70. The lowest BCUT2D eigenvalue weighted by Gasteiger charge is -2.28. The van der Waals surface area contributed by atoms with Crippen molar-refractivity contribution in [1.82, 2.24) is 5.43 Å². The number of methoxy groups -OCH3 is 1. The van der Waals surface area contributed by atoms with Crippen molar-refractivity contribution in [3.05, 3.63) is 107 Å². The van der Waals surface area contributed by atoms with Crippen LogP contribution in [0.1, 0.15) is 80.4 Å². The number of fused-ring (bicyclic) bond motifs is 2. The number of unbranched alkanes of at least 4 members (excludes halogenated alkanes) is 2. The summed E-state index contributed by atoms with van der Waals surface area (Å²) in [5, 5.41) is 0. The zero-order valence-electron chi connectivity index (χ0n) is 28.9. The molecule has 2 aliphatic rings. The number of nitrogens with two attached hydrogens (primary N) is 1. The van der Waals surface area contributed by atoms with Crippen LogP contribution in [0.5, 0.6) is 0 Å². The SMILES string of the molecule is COC(=O)c1ccc(C(=C\C2=[N+](C)c3ccccc3C2(C)C)/C=C2\N(CCCCCC(=O)NN)c3ccc(S(=O)(=O)[O-])cc3C2(C)C)cc1. The molecule has 0 radical (unpaired) electrons. The molecule has 0 atom stereocenters. The van der Waals surface area contributed by atoms with Crippen molar-refractivity contribution >= 4 is 44.7 Å². The number of hydrogen-bond acceptors (Lipinski definition) is 8. The smallest absolute Gasteiger partial charge is 0.337 e. The summed E-state index contributed by atoms with van der Waals surface area (Å²) in [5.74, 6) is 4.61. The van der Waals surface area contributed by atoms with Crippen LogP contribution in [0.15, 0.2) is 89.5 Å². The maximum Gasteiger partial charge on any atom is 0.337 e. The molecule has 3 N–H and O–H groups in total. The maximum absolute atomic E-state index is 12.3. The van der Waals surface area contributed by atoms with Gasteiger partial charge in [0.15, 0.2) is 5.71 Å². The van der Waals surface area contributed by atoms with Gasteiger partial charge in [-0.3, -0.25) is 10.2 Å². The molecule has 0 aliphatic carbocycles. The third-order valence-electron chi connectivity index (χ3n) is 9.76. The molecule has 49 heavy (non-hydrogen) atoms. The average molecular weight is 685 g/mol. The number of anilines is 1. The molecule has 3 aromatic carbocycles. The molecular weight excluding hydrogens is 641 g/mol. The van der Waals surface area contributed by atoms with E-state index in [-0.39, 0.29) is 16.2 Å². The highest BCUT2D eigenvalue weighted by molar-refractivity contribution is 7.85. The second kappa shape index (κ2) is 13.7. The van der Waals surface area contributed by atoms with Gasteiger partial charge in [-0.1, -0.05) is 50.6 Å². The second-order valence-electron chi connectivity index (χ2n) is 13.6. The summed E-state index contributed by atoms with van der Waals surface area (Å²) in [6.45, 7) is 9.04. The molecule has 0 unspecified atom stereocenters. The molecule has 0 spiro atoms. The molecule has 0 saturated heterocycles. The number of ether oxygens (including phenoxy) is 1. The van der Waals surface area contributed by atoms with Gasteiger partial charge in [-0.15, -0.1) is 0 Å². The van der Waals surface area contributed by atoms with E-state index in [9.17, 15) is 22.6 Å². The fourth-order valence-electron chi connectivity index (χ4n) is 6.99. The van der Waals surface area contributed by atoms with Crippen LogP contribution in [0.25, 0.3) is 5.57 Å². The zero-order valence-corrected chi connectivity index (χ0v) is 29.7. The number of hydrazine groups is 1. The molecule has 0 aromatic heterocycles. The van der Waals surface area contributed by atoms with Crippen molar-refractivity contribution in [3.8, 4) is 0 Å². The molecule has 1 amide bonds. The number of nitrogens with zero attached hydrogens (tertiary/aromatic N) is 2. The van der Waals surface area contributed by atoms with E-state index in [2.05, 4.69) is 60.1 Å². The largest absolute Gasteiger partial charge is 0.744 e. The van der Waals surface area contributed by atoms with E-state index < -0.39 is 21.5 Å². The number of para-hydroxylation sites is 1. The van der Waals surface area contributed by atoms with Crippen LogP contribution in [0.3, 0.4) is 0 Å². The highest BCUT2D eigenvalue weighted by Gasteiger charge is 2.44. The van der Waals surface area contributed by atoms with Crippen LogP contribution in [0.2, 0.25) is 0 Å². The minimum Gasteiger partial charge on any atom is -0.744 e. The number of esters is 1. The summed E-state index contributed by atoms with van der Waals surface area (Å²) >= 11 is 0. The van der Waals surface area contributed by atoms with Crippen LogP contribution in [-0.4, -0.2) is 55.8 Å². The number of benzene rings is 3. The molecule has 0 bridgehead atoms. The van der Waals surface area contributed by atoms with Crippen molar-refractivity contribution in [1.29, 1.82) is 0 Å². The summed E-state index contributed by atoms with van der Waals surface area (Å²) in [6, 6.07) is 20.2. The van der Waals surface area contributed by atoms with Gasteiger partial charge in [-0.25, -0.2) is 19.1 Å². The van der Waals surface area contributed by atoms with Gasteiger partial charge in [-0.2, -0.15) is 4.58 Å². The first-order valence-electron chi connectivity index (χ1n) is 16.3. The Morgan fingerprint density at radius 1 is 0.939 bits per heavy atom. The van der Waals surface area contributed by atoms with E-state index in [0.717, 1.165) is 52.3 Å². The van der Waals surface area contributed by atoms with Crippen molar-refractivity contribution < 1.29 is 31.9 Å². The number of carbonyl (C=O) groups excluding carboxylic acids is 2. The van der Waals surface area contributed by atoms with E-state index in [1.807, 2.05) is 38.1 Å². The normalized spacial score (nSPS) is 17.3. The average Bonchev–Trinajstić information content (AvgIpc) is 3.40. The molecule has 0 fully saturated rings. The van der Waals surface area contributed by atoms with Crippen LogP contribution >= 0.6 is 0 Å². The maximum atomic E-state index is 12.3. The predicted molar refractivity (Wildman–Crippen MR) is 190 cm³/mol. The van der Waals surface area contributed by atoms with E-state index >= 15 is 0 Å². The molecule has 2 aliphatic heterocycles. The Morgan fingerprint density at radius 2 is 1.61 bits per heavy atom. The van der Waals surface area contributed by atoms with Crippen LogP contribution < -0.4 is 16.2 Å². The van der Waals surface area contributed by atoms with Crippen molar-refractivity contribution in [2.45, 2.75) is 69.1 Å². The van der Waals surface area contributed by atoms with Crippen molar-refractivity contribution in [3.63, 3.8) is 0 Å². The number of allylic oxidation sites excluding steroid dienone is 4. The van der Waals surface area contributed by atoms with Gasteiger partial charge in [0.1, 0.15) is 17.2 Å². The summed E-state index contributed by atoms with van der Waals surface area (Å²) in [4.78, 5) is 25.9. The number of hydrogen-bond donors (Lipinski definition) is 2. The van der Waals surface area contributed by atoms with Crippen molar-refractivity contribution in [2.75, 3.05) is 25.6 Å². The Labute approximate surface area is 288 Å². The third-order valence-corrected chi connectivity index (χ3v) is 10.6. The highest BCUT2D eigenvalue weighted by atomic mass is 32.2. The first kappa shape index (κ1) is 35.7. The summed E-state index contributed by atoms with van der Waals surface area (Å²) in [6.07, 6.45) is 6.81. The standard InChI is InChI=1S/C38H44N4O6S/c1-37(2)29-12-9-10-13-31(29)41(5)33(37)22-27(25-15-17-26(18-16-25)36(44)48-6)23-34-38(3,4)30-24-28(49(45,46)47)19-20-32(30)42(34)21-11-7-8-14-35(43)40-39/h9-10,12-13,15-20,22-24,39H,7-8,11,14,21H2,1-6H3,(H2,44,45,46,47)/b34-23-. The lowest BCUT2D eigenvalue weighted by atomic mass is 9.79. The zero-order chi connectivity index (χ0) is 35.7. The van der Waals surface area contributed by atoms with Crippen LogP contribution in [-0.2, 0) is 30.5 Å². The van der Waals surface area contributed by atoms with Gasteiger partial charge in [0.25, 0.3) is 0 Å². The van der Waals surface area contributed by atoms with E-state index in [4.69, 9.17) is 10.6 Å². The van der Waals surface area contributed by atoms with Gasteiger partial charge in [-0.05, 0) is 79.8 Å². The molecule has 258 valence electrons. The first-order chi connectivity index (χ1) is 23.1. The minimum atomic E-state index is -4.68. The second-order valence-corrected chi connectivity index (χ2v) is 15.0. The lowest BCUT2D eigenvalue weighted by Crippen LogP contribution is -2.29. The molecule has 10 nitrogen and oxygen atoms in total. The Kier molecular flexibility index (Phi) is 10.0. The Balaban J connectivity index is 1.67. The number of nitrogens with one attached hydrogen (secondary N) is 1. The number of rotatable bonds is 11. The van der Waals surface area contributed by atoms with Crippen LogP contribution in [0, 0.1) is 0 Å². The summed E-state index contributed by atoms with van der Waals surface area (Å²) in [7, 11) is -1.27. The minimum absolute atomic E-state index is 0.216. The van der Waals surface area contributed by atoms with Gasteiger partial charge in [0, 0.05) is 47.5 Å². The molecular formula is C38H44N4O6S. The Morgan fingerprint density at radius 3 is 2.24 bits per heavy atom. The fourth-order valence-corrected chi connectivity index (χ4v) is 7.49. The number of amides is 1. The topological polar surface area (TPSA) is 145 Å². The molecule has 0 saturated carbocycles. The molecule has 5 rings (SSSR count). The van der Waals surface area contributed by atoms with E-state index in [1.54, 1.807) is 18.2 Å². The van der Waals surface area contributed by atoms with Crippen molar-refractivity contribution in [2.24, 2.45) is 5.84 Å². The van der Waals surface area contributed by atoms with Crippen LogP contribution in [0.4, 0.5) is 11.4 Å². The quantitative estimate of drug-likeness (QED) is 0.0498.